The molecule has 0 aromatic heterocycles. The molecule has 0 saturated heterocycles. The van der Waals surface area contributed by atoms with Crippen LogP contribution in [0.4, 0.5) is 0 Å². The van der Waals surface area contributed by atoms with Crippen molar-refractivity contribution in [2.75, 3.05) is 13.7 Å². The molecule has 2 rings (SSSR count). The van der Waals surface area contributed by atoms with Gasteiger partial charge < -0.3 is 14.7 Å². The van der Waals surface area contributed by atoms with E-state index in [1.165, 1.54) is 6.92 Å². The number of hydrogen-bond donors (Lipinski definition) is 1. The van der Waals surface area contributed by atoms with E-state index in [1.54, 1.807) is 18.1 Å². The Labute approximate surface area is 155 Å². The van der Waals surface area contributed by atoms with Crippen LogP contribution in [0.1, 0.15) is 58.1 Å². The molecule has 0 spiro atoms. The standard InChI is InChI=1S/C21H29NO4/c1-5-7-10-15(6-2)13-22-19(16-11-8-9-12-17(16)26-4)18(14(3)23)20(24)21(22)25/h8-9,11-12,15,19,24H,5-7,10,13H2,1-4H3. The molecule has 0 saturated carbocycles. The van der Waals surface area contributed by atoms with E-state index in [9.17, 15) is 14.7 Å². The molecule has 1 aliphatic rings. The summed E-state index contributed by atoms with van der Waals surface area (Å²) in [6.45, 7) is 6.16. The van der Waals surface area contributed by atoms with Crippen molar-refractivity contribution in [2.45, 2.75) is 52.5 Å². The van der Waals surface area contributed by atoms with Gasteiger partial charge in [-0.25, -0.2) is 0 Å². The van der Waals surface area contributed by atoms with Crippen molar-refractivity contribution in [1.29, 1.82) is 0 Å². The monoisotopic (exact) mass is 359 g/mol. The number of para-hydroxylation sites is 1. The third-order valence-corrected chi connectivity index (χ3v) is 5.11. The second-order valence-corrected chi connectivity index (χ2v) is 6.84. The number of ether oxygens (including phenoxy) is 1. The van der Waals surface area contributed by atoms with E-state index in [4.69, 9.17) is 4.74 Å². The summed E-state index contributed by atoms with van der Waals surface area (Å²) in [4.78, 5) is 26.6. The van der Waals surface area contributed by atoms with E-state index in [1.807, 2.05) is 18.2 Å². The van der Waals surface area contributed by atoms with Crippen molar-refractivity contribution < 1.29 is 19.4 Å². The number of hydrogen-bond acceptors (Lipinski definition) is 4. The summed E-state index contributed by atoms with van der Waals surface area (Å²) in [7, 11) is 1.56. The Morgan fingerprint density at radius 2 is 2.00 bits per heavy atom. The summed E-state index contributed by atoms with van der Waals surface area (Å²) in [5, 5.41) is 10.4. The minimum atomic E-state index is -0.605. The molecule has 0 bridgehead atoms. The van der Waals surface area contributed by atoms with Crippen molar-refractivity contribution in [3.63, 3.8) is 0 Å². The molecule has 0 aliphatic carbocycles. The van der Waals surface area contributed by atoms with Gasteiger partial charge in [0.15, 0.2) is 11.5 Å². The lowest BCUT2D eigenvalue weighted by molar-refractivity contribution is -0.130. The van der Waals surface area contributed by atoms with Crippen molar-refractivity contribution in [3.05, 3.63) is 41.2 Å². The average Bonchev–Trinajstić information content (AvgIpc) is 2.89. The number of aliphatic hydroxyl groups is 1. The highest BCUT2D eigenvalue weighted by Gasteiger charge is 2.43. The van der Waals surface area contributed by atoms with Gasteiger partial charge in [0, 0.05) is 12.1 Å². The molecule has 0 fully saturated rings. The van der Waals surface area contributed by atoms with Crippen LogP contribution in [0, 0.1) is 5.92 Å². The maximum atomic E-state index is 12.8. The minimum absolute atomic E-state index is 0.157. The van der Waals surface area contributed by atoms with Gasteiger partial charge in [-0.2, -0.15) is 0 Å². The molecule has 5 nitrogen and oxygen atoms in total. The van der Waals surface area contributed by atoms with Crippen molar-refractivity contribution >= 4 is 11.7 Å². The van der Waals surface area contributed by atoms with Crippen LogP contribution in [-0.2, 0) is 9.59 Å². The highest BCUT2D eigenvalue weighted by Crippen LogP contribution is 2.42. The van der Waals surface area contributed by atoms with Gasteiger partial charge in [-0.3, -0.25) is 9.59 Å². The maximum absolute atomic E-state index is 12.8. The molecule has 1 heterocycles. The number of carbonyl (C=O) groups is 2. The van der Waals surface area contributed by atoms with Gasteiger partial charge >= 0.3 is 0 Å². The lowest BCUT2D eigenvalue weighted by Gasteiger charge is -2.31. The van der Waals surface area contributed by atoms with Crippen molar-refractivity contribution in [3.8, 4) is 5.75 Å². The van der Waals surface area contributed by atoms with E-state index in [2.05, 4.69) is 13.8 Å². The molecular weight excluding hydrogens is 330 g/mol. The Balaban J connectivity index is 2.45. The fourth-order valence-electron chi connectivity index (χ4n) is 3.61. The van der Waals surface area contributed by atoms with Gasteiger partial charge in [0.2, 0.25) is 0 Å². The predicted octanol–water partition coefficient (Wildman–Crippen LogP) is 4.20. The first-order valence-corrected chi connectivity index (χ1v) is 9.34. The van der Waals surface area contributed by atoms with Gasteiger partial charge in [-0.1, -0.05) is 51.3 Å². The molecule has 0 radical (unpaired) electrons. The molecule has 1 aromatic rings. The Kier molecular flexibility index (Phi) is 6.83. The fraction of sp³-hybridized carbons (Fsp3) is 0.524. The topological polar surface area (TPSA) is 66.8 Å². The molecule has 2 unspecified atom stereocenters. The maximum Gasteiger partial charge on any atom is 0.290 e. The number of nitrogens with zero attached hydrogens (tertiary/aromatic N) is 1. The van der Waals surface area contributed by atoms with Crippen LogP contribution in [0.2, 0.25) is 0 Å². The molecule has 142 valence electrons. The number of rotatable bonds is 9. The van der Waals surface area contributed by atoms with Crippen LogP contribution in [0.5, 0.6) is 5.75 Å². The van der Waals surface area contributed by atoms with Gasteiger partial charge in [0.1, 0.15) is 5.75 Å². The molecule has 1 aromatic carbocycles. The molecule has 1 amide bonds. The molecule has 2 atom stereocenters. The van der Waals surface area contributed by atoms with Gasteiger partial charge in [0.05, 0.1) is 18.7 Å². The van der Waals surface area contributed by atoms with Crippen LogP contribution in [-0.4, -0.2) is 35.4 Å². The Bertz CT molecular complexity index is 695. The third kappa shape index (κ3) is 3.92. The van der Waals surface area contributed by atoms with Crippen LogP contribution >= 0.6 is 0 Å². The van der Waals surface area contributed by atoms with E-state index in [-0.39, 0.29) is 11.4 Å². The Hall–Kier alpha value is -2.30. The molecule has 26 heavy (non-hydrogen) atoms. The number of methoxy groups -OCH3 is 1. The number of amides is 1. The number of unbranched alkanes of at least 4 members (excludes halogenated alkanes) is 1. The summed E-state index contributed by atoms with van der Waals surface area (Å²) in [5.74, 6) is -0.267. The van der Waals surface area contributed by atoms with E-state index < -0.39 is 17.7 Å². The number of carbonyl (C=O) groups excluding carboxylic acids is 2. The van der Waals surface area contributed by atoms with E-state index in [0.717, 1.165) is 31.2 Å². The van der Waals surface area contributed by atoms with E-state index >= 15 is 0 Å². The number of Topliss-reactive ketones (excluding diaryl/α,β-unsaturated/α-hetero) is 1. The van der Waals surface area contributed by atoms with Crippen LogP contribution in [0.25, 0.3) is 0 Å². The quantitative estimate of drug-likeness (QED) is 0.718. The highest BCUT2D eigenvalue weighted by atomic mass is 16.5. The lowest BCUT2D eigenvalue weighted by atomic mass is 9.93. The number of aliphatic hydroxyl groups excluding tert-OH is 1. The molecule has 1 aliphatic heterocycles. The first-order chi connectivity index (χ1) is 12.5. The van der Waals surface area contributed by atoms with Gasteiger partial charge in [-0.05, 0) is 25.3 Å². The largest absolute Gasteiger partial charge is 0.503 e. The summed E-state index contributed by atoms with van der Waals surface area (Å²) < 4.78 is 5.45. The minimum Gasteiger partial charge on any atom is -0.503 e. The Morgan fingerprint density at radius 3 is 2.58 bits per heavy atom. The fourth-order valence-corrected chi connectivity index (χ4v) is 3.61. The predicted molar refractivity (Wildman–Crippen MR) is 101 cm³/mol. The zero-order valence-corrected chi connectivity index (χ0v) is 16.1. The number of ketones is 1. The summed E-state index contributed by atoms with van der Waals surface area (Å²) in [6, 6.07) is 6.74. The molecule has 5 heteroatoms. The van der Waals surface area contributed by atoms with Crippen molar-refractivity contribution in [2.24, 2.45) is 5.92 Å². The van der Waals surface area contributed by atoms with E-state index in [0.29, 0.717) is 18.2 Å². The highest BCUT2D eigenvalue weighted by molar-refractivity contribution is 6.08. The summed E-state index contributed by atoms with van der Waals surface area (Å²) in [5.41, 5.74) is 0.882. The summed E-state index contributed by atoms with van der Waals surface area (Å²) >= 11 is 0. The van der Waals surface area contributed by atoms with Gasteiger partial charge in [0.25, 0.3) is 5.91 Å². The Morgan fingerprint density at radius 1 is 1.31 bits per heavy atom. The number of benzene rings is 1. The van der Waals surface area contributed by atoms with Gasteiger partial charge in [-0.15, -0.1) is 0 Å². The van der Waals surface area contributed by atoms with Crippen molar-refractivity contribution in [1.82, 2.24) is 4.90 Å². The molecular formula is C21H29NO4. The summed E-state index contributed by atoms with van der Waals surface area (Å²) in [6.07, 6.45) is 4.16. The second kappa shape index (κ2) is 8.88. The zero-order valence-electron chi connectivity index (χ0n) is 16.1. The normalized spacial score (nSPS) is 18.4. The first-order valence-electron chi connectivity index (χ1n) is 9.34. The van der Waals surface area contributed by atoms with Crippen LogP contribution in [0.15, 0.2) is 35.6 Å². The average molecular weight is 359 g/mol. The lowest BCUT2D eigenvalue weighted by Crippen LogP contribution is -2.35. The zero-order chi connectivity index (χ0) is 19.3. The second-order valence-electron chi connectivity index (χ2n) is 6.84. The van der Waals surface area contributed by atoms with Crippen LogP contribution in [0.3, 0.4) is 0 Å². The van der Waals surface area contributed by atoms with Crippen LogP contribution < -0.4 is 4.74 Å². The smallest absolute Gasteiger partial charge is 0.290 e. The first kappa shape index (κ1) is 20.0. The SMILES string of the molecule is CCCCC(CC)CN1C(=O)C(O)=C(C(C)=O)C1c1ccccc1OC. The third-order valence-electron chi connectivity index (χ3n) is 5.11. The molecule has 1 N–H and O–H groups in total.